The van der Waals surface area contributed by atoms with Crippen molar-refractivity contribution in [2.24, 2.45) is 0 Å². The van der Waals surface area contributed by atoms with Gasteiger partial charge in [-0.05, 0) is 62.3 Å². The summed E-state index contributed by atoms with van der Waals surface area (Å²) in [5.74, 6) is 0.0235. The molecule has 33 heavy (non-hydrogen) atoms. The molecule has 0 fully saturated rings. The number of carbonyl (C=O) groups is 3. The van der Waals surface area contributed by atoms with E-state index in [1.54, 1.807) is 20.8 Å². The molecule has 0 aromatic heterocycles. The van der Waals surface area contributed by atoms with E-state index in [1.165, 1.54) is 22.3 Å². The van der Waals surface area contributed by atoms with Gasteiger partial charge in [0.1, 0.15) is 18.5 Å². The Kier molecular flexibility index (Phi) is 8.09. The van der Waals surface area contributed by atoms with Gasteiger partial charge in [0.2, 0.25) is 0 Å². The Morgan fingerprint density at radius 2 is 1.58 bits per heavy atom. The minimum atomic E-state index is -0.621. The fourth-order valence-corrected chi connectivity index (χ4v) is 3.96. The molecule has 7 nitrogen and oxygen atoms in total. The Morgan fingerprint density at radius 3 is 2.15 bits per heavy atom. The molecule has 1 aliphatic carbocycles. The molecule has 0 aliphatic heterocycles. The number of alkyl carbamates (subject to hydrolysis) is 2. The predicted octanol–water partition coefficient (Wildman–Crippen LogP) is 4.79. The van der Waals surface area contributed by atoms with Gasteiger partial charge >= 0.3 is 12.2 Å². The zero-order valence-corrected chi connectivity index (χ0v) is 19.4. The molecule has 0 unspecified atom stereocenters. The highest BCUT2D eigenvalue weighted by molar-refractivity contribution is 5.79. The standard InChI is InChI=1S/C26H32N2O5/c1-26(2,3)33-25(31)28-18(16-29)10-8-9-15-27-24(30)32-17-23-21-13-6-4-11-19(21)20-12-5-7-14-22(20)23/h4-7,11-14,16,18,23H,8-10,15,17H2,1-3H3,(H,27,30)(H,28,31)/t18-/m0/s1. The van der Waals surface area contributed by atoms with Gasteiger partial charge in [-0.25, -0.2) is 9.59 Å². The van der Waals surface area contributed by atoms with Gasteiger partial charge in [-0.3, -0.25) is 0 Å². The van der Waals surface area contributed by atoms with E-state index in [9.17, 15) is 14.4 Å². The molecular weight excluding hydrogens is 420 g/mol. The number of unbranched alkanes of at least 4 members (excludes halogenated alkanes) is 1. The number of rotatable bonds is 9. The summed E-state index contributed by atoms with van der Waals surface area (Å²) in [6, 6.07) is 15.8. The van der Waals surface area contributed by atoms with E-state index in [-0.39, 0.29) is 12.5 Å². The summed E-state index contributed by atoms with van der Waals surface area (Å²) in [5.41, 5.74) is 4.09. The van der Waals surface area contributed by atoms with Gasteiger partial charge in [-0.15, -0.1) is 0 Å². The van der Waals surface area contributed by atoms with Gasteiger partial charge < -0.3 is 24.9 Å². The second-order valence-corrected chi connectivity index (χ2v) is 9.14. The highest BCUT2D eigenvalue weighted by Gasteiger charge is 2.29. The van der Waals surface area contributed by atoms with Gasteiger partial charge in [0.25, 0.3) is 0 Å². The number of benzene rings is 2. The smallest absolute Gasteiger partial charge is 0.408 e. The highest BCUT2D eigenvalue weighted by atomic mass is 16.6. The molecule has 176 valence electrons. The minimum Gasteiger partial charge on any atom is -0.449 e. The maximum absolute atomic E-state index is 12.2. The van der Waals surface area contributed by atoms with Crippen molar-refractivity contribution in [2.45, 2.75) is 57.6 Å². The Morgan fingerprint density at radius 1 is 0.970 bits per heavy atom. The summed E-state index contributed by atoms with van der Waals surface area (Å²) in [4.78, 5) is 35.2. The summed E-state index contributed by atoms with van der Waals surface area (Å²) < 4.78 is 10.7. The van der Waals surface area contributed by atoms with E-state index in [0.717, 1.165) is 0 Å². The first-order valence-electron chi connectivity index (χ1n) is 11.3. The maximum atomic E-state index is 12.2. The number of fused-ring (bicyclic) bond motifs is 3. The Bertz CT molecular complexity index is 937. The topological polar surface area (TPSA) is 93.7 Å². The zero-order chi connectivity index (χ0) is 23.8. The first-order valence-corrected chi connectivity index (χ1v) is 11.3. The lowest BCUT2D eigenvalue weighted by atomic mass is 9.98. The maximum Gasteiger partial charge on any atom is 0.408 e. The van der Waals surface area contributed by atoms with Crippen molar-refractivity contribution in [3.05, 3.63) is 59.7 Å². The van der Waals surface area contributed by atoms with Crippen LogP contribution in [0.2, 0.25) is 0 Å². The van der Waals surface area contributed by atoms with E-state index in [0.29, 0.717) is 32.1 Å². The Hall–Kier alpha value is -3.35. The van der Waals surface area contributed by atoms with Crippen LogP contribution in [0, 0.1) is 0 Å². The van der Waals surface area contributed by atoms with Crippen molar-refractivity contribution >= 4 is 18.5 Å². The monoisotopic (exact) mass is 452 g/mol. The van der Waals surface area contributed by atoms with E-state index in [4.69, 9.17) is 9.47 Å². The van der Waals surface area contributed by atoms with Crippen LogP contribution in [-0.2, 0) is 14.3 Å². The third-order valence-corrected chi connectivity index (χ3v) is 5.42. The highest BCUT2D eigenvalue weighted by Crippen LogP contribution is 2.44. The fraction of sp³-hybridized carbons (Fsp3) is 0.423. The number of ether oxygens (including phenoxy) is 2. The van der Waals surface area contributed by atoms with Gasteiger partial charge in [0.05, 0.1) is 6.04 Å². The summed E-state index contributed by atoms with van der Waals surface area (Å²) in [6.07, 6.45) is 1.40. The van der Waals surface area contributed by atoms with Crippen molar-refractivity contribution in [2.75, 3.05) is 13.2 Å². The lowest BCUT2D eigenvalue weighted by Gasteiger charge is -2.21. The van der Waals surface area contributed by atoms with Crippen LogP contribution in [0.1, 0.15) is 57.1 Å². The molecule has 2 aromatic rings. The molecule has 7 heteroatoms. The van der Waals surface area contributed by atoms with Crippen molar-refractivity contribution in [1.82, 2.24) is 10.6 Å². The predicted molar refractivity (Wildman–Crippen MR) is 126 cm³/mol. The van der Waals surface area contributed by atoms with Crippen molar-refractivity contribution in [3.63, 3.8) is 0 Å². The number of nitrogens with one attached hydrogen (secondary N) is 2. The zero-order valence-electron chi connectivity index (χ0n) is 19.4. The van der Waals surface area contributed by atoms with Gasteiger partial charge in [-0.2, -0.15) is 0 Å². The van der Waals surface area contributed by atoms with Gasteiger partial charge in [-0.1, -0.05) is 48.5 Å². The number of hydrogen-bond donors (Lipinski definition) is 2. The van der Waals surface area contributed by atoms with Crippen LogP contribution >= 0.6 is 0 Å². The molecule has 2 aromatic carbocycles. The van der Waals surface area contributed by atoms with Crippen molar-refractivity contribution < 1.29 is 23.9 Å². The van der Waals surface area contributed by atoms with Crippen LogP contribution in [0.5, 0.6) is 0 Å². The normalized spacial score (nSPS) is 13.4. The number of carbonyl (C=O) groups excluding carboxylic acids is 3. The van der Waals surface area contributed by atoms with Crippen molar-refractivity contribution in [3.8, 4) is 11.1 Å². The third-order valence-electron chi connectivity index (χ3n) is 5.42. The van der Waals surface area contributed by atoms with E-state index in [1.807, 2.05) is 24.3 Å². The molecule has 0 saturated carbocycles. The molecule has 3 rings (SSSR count). The van der Waals surface area contributed by atoms with E-state index < -0.39 is 23.8 Å². The van der Waals surface area contributed by atoms with Crippen LogP contribution in [0.15, 0.2) is 48.5 Å². The van der Waals surface area contributed by atoms with Crippen LogP contribution in [0.3, 0.4) is 0 Å². The average Bonchev–Trinajstić information content (AvgIpc) is 3.09. The second-order valence-electron chi connectivity index (χ2n) is 9.14. The van der Waals surface area contributed by atoms with E-state index >= 15 is 0 Å². The Balaban J connectivity index is 1.38. The molecular formula is C26H32N2O5. The minimum absolute atomic E-state index is 0.0235. The molecule has 2 N–H and O–H groups in total. The molecule has 0 bridgehead atoms. The SMILES string of the molecule is CC(C)(C)OC(=O)N[C@H](C=O)CCCCNC(=O)OCC1c2ccccc2-c2ccccc21. The largest absolute Gasteiger partial charge is 0.449 e. The lowest BCUT2D eigenvalue weighted by Crippen LogP contribution is -2.40. The molecule has 0 radical (unpaired) electrons. The van der Waals surface area contributed by atoms with Crippen LogP contribution in [0.4, 0.5) is 9.59 Å². The number of aldehydes is 1. The number of amides is 2. The van der Waals surface area contributed by atoms with E-state index in [2.05, 4.69) is 34.9 Å². The molecule has 0 saturated heterocycles. The lowest BCUT2D eigenvalue weighted by molar-refractivity contribution is -0.109. The molecule has 1 atom stereocenters. The van der Waals surface area contributed by atoms with Gasteiger partial charge in [0.15, 0.2) is 0 Å². The molecule has 2 amide bonds. The Labute approximate surface area is 194 Å². The molecule has 1 aliphatic rings. The van der Waals surface area contributed by atoms with Crippen LogP contribution in [-0.4, -0.2) is 43.3 Å². The average molecular weight is 453 g/mol. The third kappa shape index (κ3) is 6.81. The fourth-order valence-electron chi connectivity index (χ4n) is 3.96. The summed E-state index contributed by atoms with van der Waals surface area (Å²) in [6.45, 7) is 5.98. The first kappa shape index (κ1) is 24.3. The molecule has 0 spiro atoms. The van der Waals surface area contributed by atoms with Crippen LogP contribution in [0.25, 0.3) is 11.1 Å². The summed E-state index contributed by atoms with van der Waals surface area (Å²) in [5, 5.41) is 5.31. The van der Waals surface area contributed by atoms with Gasteiger partial charge in [0, 0.05) is 12.5 Å². The van der Waals surface area contributed by atoms with Crippen LogP contribution < -0.4 is 10.6 Å². The first-order chi connectivity index (χ1) is 15.8. The summed E-state index contributed by atoms with van der Waals surface area (Å²) >= 11 is 0. The second kappa shape index (κ2) is 11.0. The quantitative estimate of drug-likeness (QED) is 0.422. The molecule has 0 heterocycles. The van der Waals surface area contributed by atoms with Crippen molar-refractivity contribution in [1.29, 1.82) is 0 Å². The number of hydrogen-bond acceptors (Lipinski definition) is 5. The summed E-state index contributed by atoms with van der Waals surface area (Å²) in [7, 11) is 0.